The third-order valence-corrected chi connectivity index (χ3v) is 40.0. The molecule has 0 spiro atoms. The zero-order valence-electron chi connectivity index (χ0n) is 52.5. The van der Waals surface area contributed by atoms with E-state index in [2.05, 4.69) is 364 Å². The summed E-state index contributed by atoms with van der Waals surface area (Å²) in [5, 5.41) is 0. The van der Waals surface area contributed by atoms with Gasteiger partial charge in [-0.15, -0.1) is 0 Å². The molecule has 0 bridgehead atoms. The molecule has 0 fully saturated rings. The van der Waals surface area contributed by atoms with E-state index in [1.54, 1.807) is 0 Å². The summed E-state index contributed by atoms with van der Waals surface area (Å²) in [5.74, 6) is 0. The molecule has 0 radical (unpaired) electrons. The van der Waals surface area contributed by atoms with Gasteiger partial charge in [-0.05, 0) is 0 Å². The van der Waals surface area contributed by atoms with Crippen LogP contribution in [0.3, 0.4) is 0 Å². The number of phosphoric acid groups is 1. The Kier molecular flexibility index (Phi) is 20.2. The van der Waals surface area contributed by atoms with E-state index in [9.17, 15) is 12.9 Å². The van der Waals surface area contributed by atoms with Gasteiger partial charge in [0, 0.05) is 0 Å². The van der Waals surface area contributed by atoms with Crippen molar-refractivity contribution in [1.82, 2.24) is 0 Å². The maximum atomic E-state index is 20.4. The Morgan fingerprint density at radius 1 is 0.163 bits per heavy atom. The van der Waals surface area contributed by atoms with E-state index in [4.69, 9.17) is 0 Å². The van der Waals surface area contributed by atoms with E-state index in [0.717, 1.165) is 66.8 Å². The molecule has 0 amide bonds. The molecule has 0 saturated carbocycles. The third-order valence-electron chi connectivity index (χ3n) is 18.1. The van der Waals surface area contributed by atoms with Crippen molar-refractivity contribution in [1.29, 1.82) is 0 Å². The van der Waals surface area contributed by atoms with Gasteiger partial charge >= 0.3 is 550 Å². The molecule has 0 aromatic heterocycles. The Bertz CT molecular complexity index is 3260. The fraction of sp³-hybridized carbons (Fsp3) is 0.143. The second-order valence-corrected chi connectivity index (χ2v) is 43.8. The van der Waals surface area contributed by atoms with Crippen molar-refractivity contribution in [2.24, 2.45) is 0 Å². The number of benzene rings is 12. The summed E-state index contributed by atoms with van der Waals surface area (Å²) in [5.41, 5.74) is 13.2. The molecule has 0 atom stereocenters. The zero-order chi connectivity index (χ0) is 62.8. The molecule has 4 nitrogen and oxygen atoms in total. The molecule has 0 saturated heterocycles. The Morgan fingerprint density at radius 2 is 0.250 bits per heavy atom. The fourth-order valence-corrected chi connectivity index (χ4v) is 41.1. The molecule has 0 aliphatic rings. The van der Waals surface area contributed by atoms with Crippen molar-refractivity contribution in [3.63, 3.8) is 0 Å². The van der Waals surface area contributed by atoms with Crippen LogP contribution in [0.4, 0.5) is 0 Å². The van der Waals surface area contributed by atoms with Gasteiger partial charge in [-0.2, -0.15) is 0 Å². The van der Waals surface area contributed by atoms with Gasteiger partial charge in [0.1, 0.15) is 0 Å². The Morgan fingerprint density at radius 3 is 0.337 bits per heavy atom. The van der Waals surface area contributed by atoms with E-state index in [-0.39, 0.29) is 0 Å². The summed E-state index contributed by atoms with van der Waals surface area (Å²) >= 11 is 0. The van der Waals surface area contributed by atoms with Crippen molar-refractivity contribution in [2.75, 3.05) is 0 Å². The molecule has 0 aliphatic carbocycles. The molecular weight excluding hydrogens is 1200 g/mol. The first-order valence-corrected chi connectivity index (χ1v) is 42.4. The normalized spacial score (nSPS) is 13.8. The SMILES string of the molecule is O=P(OP(Cc1ccccc1)(Cc1ccccc1)(Cc1ccccc1)Cc1ccccc1)(OP(Cc1ccccc1)(Cc1ccccc1)(Cc1ccccc1)Cc1ccccc1)OP(Cc1ccccc1)(Cc1ccccc1)(Cc1ccccc1)Cc1ccccc1. The van der Waals surface area contributed by atoms with Crippen LogP contribution < -0.4 is 0 Å². The van der Waals surface area contributed by atoms with E-state index in [1.807, 2.05) is 0 Å². The standard InChI is InChI=1S/C84H84O4P4/c85-89(86-90(61-73-37-13-1-14-38-73,62-74-39-15-2-16-40-74,63-75-41-17-3-18-42-75)64-76-43-19-4-20-44-76,87-91(65-77-45-21-5-22-46-77,66-78-47-23-6-24-48-78,67-79-49-25-7-26-50-79)68-80-51-27-8-28-52-80)88-92(69-81-53-29-9-30-54-81,70-82-55-31-10-32-56-82,71-83-57-33-11-34-58-83)72-84-59-35-12-36-60-84/h1-60H,61-72H2. The van der Waals surface area contributed by atoms with Gasteiger partial charge in [-0.3, -0.25) is 0 Å². The summed E-state index contributed by atoms with van der Waals surface area (Å²) in [6, 6.07) is 130. The summed E-state index contributed by atoms with van der Waals surface area (Å²) < 4.78 is 48.0. The van der Waals surface area contributed by atoms with Crippen molar-refractivity contribution in [3.05, 3.63) is 431 Å². The molecule has 92 heavy (non-hydrogen) atoms. The Labute approximate surface area is 547 Å². The second-order valence-electron chi connectivity index (χ2n) is 26.0. The van der Waals surface area contributed by atoms with Crippen LogP contribution in [-0.2, 0) is 91.4 Å². The molecule has 464 valence electrons. The number of hydrogen-bond acceptors (Lipinski definition) is 4. The van der Waals surface area contributed by atoms with Gasteiger partial charge in [0.25, 0.3) is 0 Å². The summed E-state index contributed by atoms with van der Waals surface area (Å²) in [6.45, 7) is -13.5. The molecule has 12 aromatic rings. The van der Waals surface area contributed by atoms with E-state index in [1.165, 1.54) is 0 Å². The molecule has 0 N–H and O–H groups in total. The van der Waals surface area contributed by atoms with Crippen LogP contribution in [0.2, 0.25) is 0 Å². The quantitative estimate of drug-likeness (QED) is 0.0421. The maximum absolute atomic E-state index is 20.4. The van der Waals surface area contributed by atoms with Crippen molar-refractivity contribution in [3.8, 4) is 0 Å². The average Bonchev–Trinajstić information content (AvgIpc) is 0.702. The first kappa shape index (κ1) is 64.2. The predicted molar refractivity (Wildman–Crippen MR) is 393 cm³/mol. The molecule has 0 aliphatic heterocycles. The summed E-state index contributed by atoms with van der Waals surface area (Å²) in [4.78, 5) is 0. The third kappa shape index (κ3) is 16.4. The van der Waals surface area contributed by atoms with Gasteiger partial charge in [0.15, 0.2) is 0 Å². The van der Waals surface area contributed by atoms with Gasteiger partial charge < -0.3 is 0 Å². The number of rotatable bonds is 30. The molecule has 8 heteroatoms. The summed E-state index contributed by atoms with van der Waals surface area (Å²) in [6.07, 6.45) is 5.63. The van der Waals surface area contributed by atoms with Gasteiger partial charge in [0.2, 0.25) is 0 Å². The van der Waals surface area contributed by atoms with Crippen LogP contribution in [0.5, 0.6) is 0 Å². The molecule has 12 aromatic carbocycles. The van der Waals surface area contributed by atoms with E-state index >= 15 is 4.57 Å². The predicted octanol–water partition coefficient (Wildman–Crippen LogP) is 24.0. The van der Waals surface area contributed by atoms with E-state index in [0.29, 0.717) is 73.9 Å². The minimum absolute atomic E-state index is 0.469. The first-order chi connectivity index (χ1) is 45.0. The molecule has 0 unspecified atom stereocenters. The Hall–Kier alpha value is -7.96. The first-order valence-electron chi connectivity index (χ1n) is 32.2. The average molecular weight is 1280 g/mol. The van der Waals surface area contributed by atoms with Gasteiger partial charge in [-0.25, -0.2) is 0 Å². The molecule has 0 heterocycles. The monoisotopic (exact) mass is 1280 g/mol. The second kappa shape index (κ2) is 28.9. The summed E-state index contributed by atoms with van der Waals surface area (Å²) in [7, 11) is -5.25. The van der Waals surface area contributed by atoms with E-state index < -0.39 is 28.3 Å². The van der Waals surface area contributed by atoms with Gasteiger partial charge in [0.05, 0.1) is 0 Å². The minimum atomic E-state index is -5.25. The van der Waals surface area contributed by atoms with Crippen molar-refractivity contribution >= 4 is 28.3 Å². The molecule has 12 rings (SSSR count). The zero-order valence-corrected chi connectivity index (χ0v) is 56.1. The number of hydrogen-bond donors (Lipinski definition) is 0. The van der Waals surface area contributed by atoms with Crippen LogP contribution in [0, 0.1) is 0 Å². The van der Waals surface area contributed by atoms with Gasteiger partial charge in [-0.1, -0.05) is 0 Å². The van der Waals surface area contributed by atoms with Crippen LogP contribution >= 0.6 is 28.3 Å². The topological polar surface area (TPSA) is 44.8 Å². The van der Waals surface area contributed by atoms with Crippen LogP contribution in [0.1, 0.15) is 66.8 Å². The van der Waals surface area contributed by atoms with Crippen LogP contribution in [0.15, 0.2) is 364 Å². The Balaban J connectivity index is 1.28. The van der Waals surface area contributed by atoms with Crippen LogP contribution in [0.25, 0.3) is 0 Å². The molecular formula is C84H84O4P4. The van der Waals surface area contributed by atoms with Crippen LogP contribution in [-0.4, -0.2) is 0 Å². The van der Waals surface area contributed by atoms with Crippen molar-refractivity contribution < 1.29 is 17.5 Å². The van der Waals surface area contributed by atoms with Crippen molar-refractivity contribution in [2.45, 2.75) is 73.9 Å². The fourth-order valence-electron chi connectivity index (χ4n) is 14.8.